The van der Waals surface area contributed by atoms with Crippen LogP contribution in [0.1, 0.15) is 31.6 Å². The highest BCUT2D eigenvalue weighted by atomic mass is 32.1. The monoisotopic (exact) mass is 435 g/mol. The van der Waals surface area contributed by atoms with E-state index in [4.69, 9.17) is 14.5 Å². The maximum Gasteiger partial charge on any atom is 0.168 e. The Balaban J connectivity index is 1.87. The Morgan fingerprint density at radius 1 is 0.903 bits per heavy atom. The van der Waals surface area contributed by atoms with Crippen molar-refractivity contribution in [1.82, 2.24) is 4.98 Å². The number of carbonyl (C=O) groups excluding carboxylic acids is 1. The number of aliphatic hydroxyl groups excluding tert-OH is 1. The van der Waals surface area contributed by atoms with E-state index in [2.05, 4.69) is 0 Å². The molecule has 160 valence electrons. The van der Waals surface area contributed by atoms with Crippen molar-refractivity contribution in [1.29, 1.82) is 0 Å². The largest absolute Gasteiger partial charge is 0.511 e. The summed E-state index contributed by atoms with van der Waals surface area (Å²) in [6.45, 7) is 4.00. The molecule has 0 amide bonds. The van der Waals surface area contributed by atoms with Gasteiger partial charge < -0.3 is 14.6 Å². The zero-order valence-electron chi connectivity index (χ0n) is 18.1. The quantitative estimate of drug-likeness (QED) is 0.520. The average molecular weight is 436 g/mol. The Morgan fingerprint density at radius 3 is 1.97 bits per heavy atom. The van der Waals surface area contributed by atoms with Gasteiger partial charge in [-0.1, -0.05) is 13.8 Å². The predicted molar refractivity (Wildman–Crippen MR) is 124 cm³/mol. The van der Waals surface area contributed by atoms with Crippen molar-refractivity contribution >= 4 is 22.7 Å². The molecule has 0 saturated heterocycles. The van der Waals surface area contributed by atoms with E-state index in [1.807, 2.05) is 62.4 Å². The standard InChI is InChI=1S/C25H25NO4S/c1-25(2)13-19(27)21(20(28)14-25)23-22(15-5-9-17(29-3)10-6-15)26-24(31-23)16-7-11-18(30-4)12-8-16/h5-12,27H,13-14H2,1-4H3. The van der Waals surface area contributed by atoms with Crippen molar-refractivity contribution in [3.05, 3.63) is 59.2 Å². The summed E-state index contributed by atoms with van der Waals surface area (Å²) in [4.78, 5) is 18.6. The summed E-state index contributed by atoms with van der Waals surface area (Å²) in [7, 11) is 3.25. The smallest absolute Gasteiger partial charge is 0.168 e. The minimum atomic E-state index is -0.256. The number of benzene rings is 2. The van der Waals surface area contributed by atoms with Crippen LogP contribution in [0.5, 0.6) is 11.5 Å². The first-order valence-electron chi connectivity index (χ1n) is 10.1. The van der Waals surface area contributed by atoms with Gasteiger partial charge in [-0.3, -0.25) is 4.79 Å². The number of nitrogens with zero attached hydrogens (tertiary/aromatic N) is 1. The van der Waals surface area contributed by atoms with Crippen LogP contribution in [-0.4, -0.2) is 30.1 Å². The molecule has 0 fully saturated rings. The summed E-state index contributed by atoms with van der Waals surface area (Å²) in [5.41, 5.74) is 2.62. The number of rotatable bonds is 5. The number of aromatic nitrogens is 1. The Morgan fingerprint density at radius 2 is 1.45 bits per heavy atom. The first-order chi connectivity index (χ1) is 14.8. The highest BCUT2D eigenvalue weighted by Crippen LogP contribution is 2.45. The van der Waals surface area contributed by atoms with Crippen LogP contribution in [-0.2, 0) is 4.79 Å². The zero-order chi connectivity index (χ0) is 22.2. The Labute approximate surface area is 186 Å². The second-order valence-electron chi connectivity index (χ2n) is 8.42. The molecular formula is C25H25NO4S. The molecule has 2 aromatic carbocycles. The van der Waals surface area contributed by atoms with Crippen molar-refractivity contribution in [3.8, 4) is 33.3 Å². The molecule has 0 spiro atoms. The molecule has 0 atom stereocenters. The first kappa shape index (κ1) is 21.1. The summed E-state index contributed by atoms with van der Waals surface area (Å²) in [6.07, 6.45) is 0.857. The van der Waals surface area contributed by atoms with Crippen LogP contribution in [0.2, 0.25) is 0 Å². The number of hydrogen-bond donors (Lipinski definition) is 1. The third-order valence-corrected chi connectivity index (χ3v) is 6.53. The molecule has 0 bridgehead atoms. The fourth-order valence-electron chi connectivity index (χ4n) is 3.84. The van der Waals surface area contributed by atoms with Gasteiger partial charge in [-0.15, -0.1) is 11.3 Å². The SMILES string of the molecule is COc1ccc(-c2nc(-c3ccc(OC)cc3)c(C3=C(O)CC(C)(C)CC3=O)s2)cc1. The van der Waals surface area contributed by atoms with Crippen LogP contribution in [0.3, 0.4) is 0 Å². The normalized spacial score (nSPS) is 15.8. The number of ketones is 1. The van der Waals surface area contributed by atoms with Gasteiger partial charge in [0.2, 0.25) is 0 Å². The number of Topliss-reactive ketones (excluding diaryl/α,β-unsaturated/α-hetero) is 1. The van der Waals surface area contributed by atoms with E-state index in [0.29, 0.717) is 29.0 Å². The van der Waals surface area contributed by atoms with Crippen molar-refractivity contribution < 1.29 is 19.4 Å². The van der Waals surface area contributed by atoms with Crippen LogP contribution in [0, 0.1) is 5.41 Å². The Kier molecular flexibility index (Phi) is 5.58. The van der Waals surface area contributed by atoms with Crippen molar-refractivity contribution in [3.63, 3.8) is 0 Å². The summed E-state index contributed by atoms with van der Waals surface area (Å²) in [5, 5.41) is 11.6. The Bertz CT molecular complexity index is 1140. The molecule has 1 N–H and O–H groups in total. The lowest BCUT2D eigenvalue weighted by atomic mass is 9.76. The third kappa shape index (κ3) is 4.21. The molecule has 0 saturated carbocycles. The molecule has 1 aliphatic rings. The van der Waals surface area contributed by atoms with E-state index >= 15 is 0 Å². The van der Waals surface area contributed by atoms with Crippen LogP contribution in [0.4, 0.5) is 0 Å². The average Bonchev–Trinajstić information content (AvgIpc) is 3.17. The van der Waals surface area contributed by atoms with Gasteiger partial charge >= 0.3 is 0 Å². The maximum atomic E-state index is 13.1. The van der Waals surface area contributed by atoms with Crippen molar-refractivity contribution in [2.75, 3.05) is 14.2 Å². The van der Waals surface area contributed by atoms with E-state index in [1.54, 1.807) is 14.2 Å². The summed E-state index contributed by atoms with van der Waals surface area (Å²) in [6, 6.07) is 15.2. The zero-order valence-corrected chi connectivity index (χ0v) is 18.9. The van der Waals surface area contributed by atoms with E-state index < -0.39 is 0 Å². The predicted octanol–water partition coefficient (Wildman–Crippen LogP) is 6.15. The van der Waals surface area contributed by atoms with Crippen LogP contribution in [0.15, 0.2) is 54.3 Å². The molecule has 1 aliphatic carbocycles. The lowest BCUT2D eigenvalue weighted by molar-refractivity contribution is -0.116. The van der Waals surface area contributed by atoms with Crippen molar-refractivity contribution in [2.45, 2.75) is 26.7 Å². The molecule has 3 aromatic rings. The van der Waals surface area contributed by atoms with Crippen LogP contribution >= 0.6 is 11.3 Å². The van der Waals surface area contributed by atoms with Gasteiger partial charge in [-0.05, 0) is 53.9 Å². The van der Waals surface area contributed by atoms with Gasteiger partial charge in [-0.2, -0.15) is 0 Å². The van der Waals surface area contributed by atoms with Crippen LogP contribution in [0.25, 0.3) is 27.4 Å². The maximum absolute atomic E-state index is 13.1. The summed E-state index contributed by atoms with van der Waals surface area (Å²) < 4.78 is 10.5. The molecule has 6 heteroatoms. The highest BCUT2D eigenvalue weighted by Gasteiger charge is 2.36. The molecule has 31 heavy (non-hydrogen) atoms. The molecule has 0 radical (unpaired) electrons. The second-order valence-corrected chi connectivity index (χ2v) is 9.42. The summed E-state index contributed by atoms with van der Waals surface area (Å²) >= 11 is 1.42. The molecular weight excluding hydrogens is 410 g/mol. The van der Waals surface area contributed by atoms with E-state index in [9.17, 15) is 9.90 Å². The van der Waals surface area contributed by atoms with Gasteiger partial charge in [0, 0.05) is 24.0 Å². The van der Waals surface area contributed by atoms with Gasteiger partial charge in [0.25, 0.3) is 0 Å². The molecule has 1 heterocycles. The van der Waals surface area contributed by atoms with E-state index in [-0.39, 0.29) is 17.0 Å². The highest BCUT2D eigenvalue weighted by molar-refractivity contribution is 7.17. The number of thiazole rings is 1. The minimum absolute atomic E-state index is 0.0477. The number of carbonyl (C=O) groups is 1. The first-order valence-corrected chi connectivity index (χ1v) is 10.9. The number of allylic oxidation sites excluding steroid dienone is 2. The lowest BCUT2D eigenvalue weighted by Gasteiger charge is -2.29. The molecule has 5 nitrogen and oxygen atoms in total. The lowest BCUT2D eigenvalue weighted by Crippen LogP contribution is -2.25. The van der Waals surface area contributed by atoms with Gasteiger partial charge in [0.1, 0.15) is 22.3 Å². The molecule has 0 aliphatic heterocycles. The summed E-state index contributed by atoms with van der Waals surface area (Å²) in [5.74, 6) is 1.60. The molecule has 1 aromatic heterocycles. The topological polar surface area (TPSA) is 68.7 Å². The number of methoxy groups -OCH3 is 2. The fourth-order valence-corrected chi connectivity index (χ4v) is 5.02. The van der Waals surface area contributed by atoms with Gasteiger partial charge in [0.05, 0.1) is 30.4 Å². The fraction of sp³-hybridized carbons (Fsp3) is 0.280. The molecule has 0 unspecified atom stereocenters. The Hall–Kier alpha value is -3.12. The van der Waals surface area contributed by atoms with Crippen LogP contribution < -0.4 is 9.47 Å². The van der Waals surface area contributed by atoms with Gasteiger partial charge in [0.15, 0.2) is 5.78 Å². The second kappa shape index (κ2) is 8.19. The third-order valence-electron chi connectivity index (χ3n) is 5.41. The number of ether oxygens (including phenoxy) is 2. The van der Waals surface area contributed by atoms with E-state index in [0.717, 1.165) is 27.6 Å². The minimum Gasteiger partial charge on any atom is -0.511 e. The molecule has 4 rings (SSSR count). The number of hydrogen-bond acceptors (Lipinski definition) is 6. The number of aliphatic hydroxyl groups is 1. The van der Waals surface area contributed by atoms with E-state index in [1.165, 1.54) is 11.3 Å². The van der Waals surface area contributed by atoms with Gasteiger partial charge in [-0.25, -0.2) is 4.98 Å². The van der Waals surface area contributed by atoms with Crippen molar-refractivity contribution in [2.24, 2.45) is 5.41 Å².